The van der Waals surface area contributed by atoms with Crippen molar-refractivity contribution >= 4 is 11.9 Å². The van der Waals surface area contributed by atoms with E-state index in [0.717, 1.165) is 6.07 Å². The maximum Gasteiger partial charge on any atom is 0.229 e. The van der Waals surface area contributed by atoms with Crippen molar-refractivity contribution in [2.24, 2.45) is 0 Å². The third kappa shape index (κ3) is 7.08. The van der Waals surface area contributed by atoms with Gasteiger partial charge in [0.2, 0.25) is 12.6 Å². The highest BCUT2D eigenvalue weighted by atomic mass is 16.7. The van der Waals surface area contributed by atoms with Gasteiger partial charge in [-0.15, -0.1) is 0 Å². The van der Waals surface area contributed by atoms with Gasteiger partial charge in [0.15, 0.2) is 5.78 Å². The van der Waals surface area contributed by atoms with Crippen LogP contribution < -0.4 is 14.2 Å². The van der Waals surface area contributed by atoms with Gasteiger partial charge in [0.25, 0.3) is 0 Å². The second-order valence-corrected chi connectivity index (χ2v) is 9.92. The molecule has 2 aromatic rings. The van der Waals surface area contributed by atoms with Crippen LogP contribution >= 0.6 is 0 Å². The summed E-state index contributed by atoms with van der Waals surface area (Å²) in [5.74, 6) is -1.14. The van der Waals surface area contributed by atoms with Gasteiger partial charge in [-0.3, -0.25) is 4.79 Å². The van der Waals surface area contributed by atoms with E-state index in [0.29, 0.717) is 5.56 Å². The molecule has 10 atom stereocenters. The number of rotatable bonds is 10. The maximum atomic E-state index is 13.0. The zero-order valence-electron chi connectivity index (χ0n) is 22.8. The van der Waals surface area contributed by atoms with Crippen LogP contribution in [0.3, 0.4) is 0 Å². The van der Waals surface area contributed by atoms with Gasteiger partial charge in [-0.05, 0) is 23.8 Å². The molecule has 0 bridgehead atoms. The maximum absolute atomic E-state index is 13.0. The van der Waals surface area contributed by atoms with E-state index in [1.165, 1.54) is 37.5 Å². The number of carbonyl (C=O) groups excluding carboxylic acids is 1. The molecule has 236 valence electrons. The summed E-state index contributed by atoms with van der Waals surface area (Å²) in [5.41, 5.74) is 0.331. The molecule has 0 aromatic heterocycles. The van der Waals surface area contributed by atoms with E-state index in [1.54, 1.807) is 12.1 Å². The van der Waals surface area contributed by atoms with E-state index in [2.05, 4.69) is 0 Å². The number of methoxy groups -OCH3 is 1. The molecule has 2 heterocycles. The Morgan fingerprint density at radius 2 is 1.28 bits per heavy atom. The average molecular weight is 611 g/mol. The van der Waals surface area contributed by atoms with Crippen molar-refractivity contribution in [3.63, 3.8) is 0 Å². The van der Waals surface area contributed by atoms with Crippen LogP contribution in [-0.2, 0) is 9.47 Å². The first-order valence-electron chi connectivity index (χ1n) is 13.2. The van der Waals surface area contributed by atoms with Crippen LogP contribution in [0.5, 0.6) is 23.0 Å². The van der Waals surface area contributed by atoms with Crippen LogP contribution in [0.2, 0.25) is 0 Å². The third-order valence-electron chi connectivity index (χ3n) is 7.03. The summed E-state index contributed by atoms with van der Waals surface area (Å²) in [6, 6.07) is 8.43. The first-order chi connectivity index (χ1) is 20.5. The molecular weight excluding hydrogens is 576 g/mol. The second kappa shape index (κ2) is 14.0. The summed E-state index contributed by atoms with van der Waals surface area (Å²) in [4.78, 5) is 13.0. The smallest absolute Gasteiger partial charge is 0.229 e. The standard InChI is InChI=1S/C28H34O15/c1-39-17-9-14(41-28-26(38)24(36)22(34)19(11-30)43-28)8-16(32)20(17)15(31)7-4-12-2-5-13(6-3-12)40-27-25(37)23(35)21(33)18(10-29)42-27/h2-9,18-19,21-30,32-38H,10-11H2,1H3/b7-4+/t18-,19-,21-,22-,23+,24+,25-,26-,27-,28-/m1/s1. The Kier molecular flexibility index (Phi) is 10.6. The number of carbonyl (C=O) groups is 1. The number of allylic oxidation sites excluding steroid dienone is 1. The highest BCUT2D eigenvalue weighted by Crippen LogP contribution is 2.36. The largest absolute Gasteiger partial charge is 0.507 e. The zero-order valence-corrected chi connectivity index (χ0v) is 22.8. The summed E-state index contributed by atoms with van der Waals surface area (Å²) < 4.78 is 26.9. The fourth-order valence-electron chi connectivity index (χ4n) is 4.56. The molecule has 2 aromatic carbocycles. The monoisotopic (exact) mass is 610 g/mol. The van der Waals surface area contributed by atoms with E-state index >= 15 is 0 Å². The lowest BCUT2D eigenvalue weighted by Crippen LogP contribution is -2.60. The molecule has 2 aliphatic heterocycles. The van der Waals surface area contributed by atoms with Crippen molar-refractivity contribution in [2.45, 2.75) is 61.4 Å². The molecule has 0 saturated carbocycles. The predicted octanol–water partition coefficient (Wildman–Crippen LogP) is -2.35. The van der Waals surface area contributed by atoms with Gasteiger partial charge in [0.1, 0.15) is 77.4 Å². The summed E-state index contributed by atoms with van der Waals surface area (Å²) >= 11 is 0. The molecular formula is C28H34O15. The number of phenolic OH excluding ortho intramolecular Hbond substituents is 1. The zero-order chi connectivity index (χ0) is 31.4. The van der Waals surface area contributed by atoms with Crippen LogP contribution in [0.15, 0.2) is 42.5 Å². The van der Waals surface area contributed by atoms with Gasteiger partial charge in [0.05, 0.1) is 20.3 Å². The van der Waals surface area contributed by atoms with E-state index in [1.807, 2.05) is 0 Å². The van der Waals surface area contributed by atoms with E-state index in [-0.39, 0.29) is 22.8 Å². The minimum atomic E-state index is -1.69. The molecule has 0 unspecified atom stereocenters. The molecule has 2 fully saturated rings. The molecule has 0 aliphatic carbocycles. The Morgan fingerprint density at radius 1 is 0.767 bits per heavy atom. The number of aromatic hydroxyl groups is 1. The van der Waals surface area contributed by atoms with Crippen molar-refractivity contribution in [3.05, 3.63) is 53.6 Å². The molecule has 2 aliphatic rings. The molecule has 43 heavy (non-hydrogen) atoms. The lowest BCUT2D eigenvalue weighted by Gasteiger charge is -2.39. The van der Waals surface area contributed by atoms with Crippen LogP contribution in [0.25, 0.3) is 6.08 Å². The summed E-state index contributed by atoms with van der Waals surface area (Å²) in [7, 11) is 1.25. The van der Waals surface area contributed by atoms with Crippen molar-refractivity contribution in [1.82, 2.24) is 0 Å². The number of ketones is 1. The molecule has 4 rings (SSSR count). The van der Waals surface area contributed by atoms with Crippen molar-refractivity contribution < 1.29 is 74.4 Å². The summed E-state index contributed by atoms with van der Waals surface area (Å²) in [6.45, 7) is -1.26. The van der Waals surface area contributed by atoms with Gasteiger partial charge in [-0.25, -0.2) is 0 Å². The lowest BCUT2D eigenvalue weighted by atomic mass is 9.99. The topological polar surface area (TPSA) is 245 Å². The number of aliphatic hydroxyl groups excluding tert-OH is 8. The third-order valence-corrected chi connectivity index (χ3v) is 7.03. The fourth-order valence-corrected chi connectivity index (χ4v) is 4.56. The van der Waals surface area contributed by atoms with E-state index < -0.39 is 86.2 Å². The van der Waals surface area contributed by atoms with E-state index in [4.69, 9.17) is 23.7 Å². The minimum absolute atomic E-state index is 0.0856. The summed E-state index contributed by atoms with van der Waals surface area (Å²) in [6.07, 6.45) is -12.2. The van der Waals surface area contributed by atoms with Gasteiger partial charge in [0, 0.05) is 12.1 Å². The Labute approximate surface area is 245 Å². The molecule has 15 heteroatoms. The van der Waals surface area contributed by atoms with Gasteiger partial charge in [-0.2, -0.15) is 0 Å². The number of benzene rings is 2. The van der Waals surface area contributed by atoms with Gasteiger partial charge >= 0.3 is 0 Å². The number of ether oxygens (including phenoxy) is 5. The SMILES string of the molecule is COc1cc(O[C@@H]2O[C@H](CO)[C@@H](O)[C@H](O)[C@H]2O)cc(O)c1C(=O)/C=C/c1ccc(O[C@@H]2O[C@H](CO)[C@@H](O)[C@H](O)[C@H]2O)cc1. The number of hydrogen-bond acceptors (Lipinski definition) is 15. The van der Waals surface area contributed by atoms with Crippen LogP contribution in [0, 0.1) is 0 Å². The fraction of sp³-hybridized carbons (Fsp3) is 0.464. The first-order valence-corrected chi connectivity index (χ1v) is 13.2. The van der Waals surface area contributed by atoms with Crippen molar-refractivity contribution in [3.8, 4) is 23.0 Å². The van der Waals surface area contributed by atoms with Crippen LogP contribution in [-0.4, -0.2) is 133 Å². The quantitative estimate of drug-likeness (QED) is 0.101. The Balaban J connectivity index is 1.43. The molecule has 0 spiro atoms. The number of aliphatic hydroxyl groups is 8. The van der Waals surface area contributed by atoms with Gasteiger partial charge < -0.3 is 69.6 Å². The Hall–Kier alpha value is -3.35. The van der Waals surface area contributed by atoms with Crippen molar-refractivity contribution in [1.29, 1.82) is 0 Å². The highest BCUT2D eigenvalue weighted by Gasteiger charge is 2.46. The highest BCUT2D eigenvalue weighted by molar-refractivity contribution is 6.10. The van der Waals surface area contributed by atoms with Crippen LogP contribution in [0.1, 0.15) is 15.9 Å². The molecule has 2 saturated heterocycles. The molecule has 0 radical (unpaired) electrons. The van der Waals surface area contributed by atoms with Gasteiger partial charge in [-0.1, -0.05) is 18.2 Å². The molecule has 9 N–H and O–H groups in total. The Morgan fingerprint density at radius 3 is 1.77 bits per heavy atom. The Bertz CT molecular complexity index is 1260. The number of hydrogen-bond donors (Lipinski definition) is 9. The average Bonchev–Trinajstić information content (AvgIpc) is 3.00. The predicted molar refractivity (Wildman–Crippen MR) is 143 cm³/mol. The van der Waals surface area contributed by atoms with Crippen molar-refractivity contribution in [2.75, 3.05) is 20.3 Å². The number of phenols is 1. The minimum Gasteiger partial charge on any atom is -0.507 e. The molecule has 15 nitrogen and oxygen atoms in total. The molecule has 0 amide bonds. The van der Waals surface area contributed by atoms with E-state index in [9.17, 15) is 50.8 Å². The second-order valence-electron chi connectivity index (χ2n) is 9.92. The van der Waals surface area contributed by atoms with Crippen LogP contribution in [0.4, 0.5) is 0 Å². The lowest BCUT2D eigenvalue weighted by molar-refractivity contribution is -0.277. The first kappa shape index (κ1) is 32.6. The normalized spacial score (nSPS) is 32.9. The summed E-state index contributed by atoms with van der Waals surface area (Å²) in [5, 5.41) is 89.3.